The third-order valence-electron chi connectivity index (χ3n) is 3.08. The van der Waals surface area contributed by atoms with Gasteiger partial charge in [-0.1, -0.05) is 20.8 Å². The SMILES string of the molecule is CC(C)[C@H]1O[C@H]2C(C)CO[C@H]2[C@@H]1O. The zero-order valence-electron chi connectivity index (χ0n) is 8.43. The quantitative estimate of drug-likeness (QED) is 0.658. The molecular weight excluding hydrogens is 168 g/mol. The lowest BCUT2D eigenvalue weighted by Gasteiger charge is -2.20. The fourth-order valence-electron chi connectivity index (χ4n) is 2.28. The molecule has 3 heteroatoms. The summed E-state index contributed by atoms with van der Waals surface area (Å²) < 4.78 is 11.3. The van der Waals surface area contributed by atoms with Crippen LogP contribution in [0.15, 0.2) is 0 Å². The molecule has 13 heavy (non-hydrogen) atoms. The summed E-state index contributed by atoms with van der Waals surface area (Å²) in [6.45, 7) is 6.97. The lowest BCUT2D eigenvalue weighted by Crippen LogP contribution is -2.34. The minimum Gasteiger partial charge on any atom is -0.388 e. The van der Waals surface area contributed by atoms with Crippen molar-refractivity contribution in [3.05, 3.63) is 0 Å². The summed E-state index contributed by atoms with van der Waals surface area (Å²) in [5.41, 5.74) is 0. The first-order valence-electron chi connectivity index (χ1n) is 5.06. The van der Waals surface area contributed by atoms with Gasteiger partial charge in [-0.15, -0.1) is 0 Å². The fraction of sp³-hybridized carbons (Fsp3) is 1.00. The maximum atomic E-state index is 9.90. The lowest BCUT2D eigenvalue weighted by atomic mass is 9.98. The lowest BCUT2D eigenvalue weighted by molar-refractivity contribution is -0.0412. The minimum absolute atomic E-state index is 0.0438. The van der Waals surface area contributed by atoms with Crippen molar-refractivity contribution in [1.82, 2.24) is 0 Å². The third-order valence-corrected chi connectivity index (χ3v) is 3.08. The van der Waals surface area contributed by atoms with Crippen LogP contribution in [0.5, 0.6) is 0 Å². The average Bonchev–Trinajstić information content (AvgIpc) is 2.55. The summed E-state index contributed by atoms with van der Waals surface area (Å²) in [5, 5.41) is 9.90. The molecule has 0 aliphatic carbocycles. The van der Waals surface area contributed by atoms with E-state index in [1.165, 1.54) is 0 Å². The van der Waals surface area contributed by atoms with E-state index in [-0.39, 0.29) is 18.3 Å². The van der Waals surface area contributed by atoms with Gasteiger partial charge in [-0.05, 0) is 5.92 Å². The number of hydrogen-bond donors (Lipinski definition) is 1. The second-order valence-electron chi connectivity index (χ2n) is 4.58. The van der Waals surface area contributed by atoms with Gasteiger partial charge in [-0.25, -0.2) is 0 Å². The van der Waals surface area contributed by atoms with Gasteiger partial charge in [-0.3, -0.25) is 0 Å². The van der Waals surface area contributed by atoms with E-state index >= 15 is 0 Å². The Balaban J connectivity index is 2.09. The van der Waals surface area contributed by atoms with E-state index in [0.717, 1.165) is 6.61 Å². The molecule has 2 heterocycles. The number of hydrogen-bond acceptors (Lipinski definition) is 3. The molecule has 3 nitrogen and oxygen atoms in total. The molecule has 2 aliphatic rings. The Morgan fingerprint density at radius 1 is 1.31 bits per heavy atom. The molecule has 1 unspecified atom stereocenters. The van der Waals surface area contributed by atoms with Gasteiger partial charge in [0.1, 0.15) is 12.2 Å². The number of fused-ring (bicyclic) bond motifs is 1. The highest BCUT2D eigenvalue weighted by Gasteiger charge is 2.51. The van der Waals surface area contributed by atoms with Crippen molar-refractivity contribution in [2.45, 2.75) is 45.2 Å². The Kier molecular flexibility index (Phi) is 2.34. The minimum atomic E-state index is -0.435. The topological polar surface area (TPSA) is 38.7 Å². The zero-order valence-corrected chi connectivity index (χ0v) is 8.43. The summed E-state index contributed by atoms with van der Waals surface area (Å²) in [7, 11) is 0. The van der Waals surface area contributed by atoms with Crippen LogP contribution in [-0.4, -0.2) is 36.1 Å². The molecule has 0 radical (unpaired) electrons. The predicted octanol–water partition coefficient (Wildman–Crippen LogP) is 0.806. The molecule has 0 aromatic rings. The van der Waals surface area contributed by atoms with Crippen LogP contribution in [0.3, 0.4) is 0 Å². The Hall–Kier alpha value is -0.120. The molecule has 0 aromatic heterocycles. The van der Waals surface area contributed by atoms with Crippen LogP contribution in [0.2, 0.25) is 0 Å². The molecular formula is C10H18O3. The highest BCUT2D eigenvalue weighted by molar-refractivity contribution is 4.98. The highest BCUT2D eigenvalue weighted by atomic mass is 16.6. The summed E-state index contributed by atoms with van der Waals surface area (Å²) in [4.78, 5) is 0. The molecule has 2 saturated heterocycles. The monoisotopic (exact) mass is 186 g/mol. The van der Waals surface area contributed by atoms with Crippen molar-refractivity contribution in [1.29, 1.82) is 0 Å². The van der Waals surface area contributed by atoms with Crippen molar-refractivity contribution >= 4 is 0 Å². The Morgan fingerprint density at radius 3 is 2.54 bits per heavy atom. The van der Waals surface area contributed by atoms with Crippen LogP contribution < -0.4 is 0 Å². The van der Waals surface area contributed by atoms with Crippen molar-refractivity contribution in [3.63, 3.8) is 0 Å². The Labute approximate surface area is 79.0 Å². The van der Waals surface area contributed by atoms with Gasteiger partial charge < -0.3 is 14.6 Å². The third kappa shape index (κ3) is 1.39. The normalized spacial score (nSPS) is 50.1. The molecule has 0 spiro atoms. The van der Waals surface area contributed by atoms with Gasteiger partial charge in [0.05, 0.1) is 18.8 Å². The van der Waals surface area contributed by atoms with Crippen LogP contribution in [0, 0.1) is 11.8 Å². The van der Waals surface area contributed by atoms with Gasteiger partial charge >= 0.3 is 0 Å². The summed E-state index contributed by atoms with van der Waals surface area (Å²) in [6, 6.07) is 0. The van der Waals surface area contributed by atoms with E-state index < -0.39 is 6.10 Å². The first kappa shape index (κ1) is 9.44. The summed E-state index contributed by atoms with van der Waals surface area (Å²) in [6.07, 6.45) is -0.447. The Morgan fingerprint density at radius 2 is 2.00 bits per heavy atom. The van der Waals surface area contributed by atoms with Crippen LogP contribution >= 0.6 is 0 Å². The van der Waals surface area contributed by atoms with E-state index in [1.807, 2.05) is 0 Å². The average molecular weight is 186 g/mol. The first-order valence-corrected chi connectivity index (χ1v) is 5.06. The van der Waals surface area contributed by atoms with Crippen molar-refractivity contribution < 1.29 is 14.6 Å². The second-order valence-corrected chi connectivity index (χ2v) is 4.58. The summed E-state index contributed by atoms with van der Waals surface area (Å²) in [5.74, 6) is 0.778. The van der Waals surface area contributed by atoms with Crippen molar-refractivity contribution in [2.75, 3.05) is 6.61 Å². The highest BCUT2D eigenvalue weighted by Crippen LogP contribution is 2.36. The van der Waals surface area contributed by atoms with E-state index in [9.17, 15) is 5.11 Å². The van der Waals surface area contributed by atoms with Gasteiger partial charge in [0.25, 0.3) is 0 Å². The van der Waals surface area contributed by atoms with Crippen LogP contribution in [0.25, 0.3) is 0 Å². The molecule has 0 bridgehead atoms. The van der Waals surface area contributed by atoms with Gasteiger partial charge in [0.15, 0.2) is 0 Å². The van der Waals surface area contributed by atoms with E-state index in [4.69, 9.17) is 9.47 Å². The second kappa shape index (κ2) is 3.23. The van der Waals surface area contributed by atoms with Crippen LogP contribution in [0.4, 0.5) is 0 Å². The fourth-order valence-corrected chi connectivity index (χ4v) is 2.28. The molecule has 2 rings (SSSR count). The molecule has 0 amide bonds. The maximum absolute atomic E-state index is 9.90. The number of aliphatic hydroxyl groups excluding tert-OH is 1. The standard InChI is InChI=1S/C10H18O3/c1-5(2)8-7(11)10-9(13-8)6(3)4-12-10/h5-11H,4H2,1-3H3/t6?,7-,8-,9+,10+/m1/s1. The number of ether oxygens (including phenoxy) is 2. The van der Waals surface area contributed by atoms with Crippen molar-refractivity contribution in [3.8, 4) is 0 Å². The molecule has 2 fully saturated rings. The molecule has 0 aromatic carbocycles. The Bertz CT molecular complexity index is 191. The smallest absolute Gasteiger partial charge is 0.112 e. The van der Waals surface area contributed by atoms with Gasteiger partial charge in [0.2, 0.25) is 0 Å². The zero-order chi connectivity index (χ0) is 9.59. The van der Waals surface area contributed by atoms with Crippen molar-refractivity contribution in [2.24, 2.45) is 11.8 Å². The predicted molar refractivity (Wildman–Crippen MR) is 48.4 cm³/mol. The first-order chi connectivity index (χ1) is 6.11. The molecule has 5 atom stereocenters. The van der Waals surface area contributed by atoms with Crippen LogP contribution in [-0.2, 0) is 9.47 Å². The molecule has 2 aliphatic heterocycles. The largest absolute Gasteiger partial charge is 0.388 e. The number of aliphatic hydroxyl groups is 1. The maximum Gasteiger partial charge on any atom is 0.112 e. The summed E-state index contributed by atoms with van der Waals surface area (Å²) >= 11 is 0. The van der Waals surface area contributed by atoms with Gasteiger partial charge in [0, 0.05) is 5.92 Å². The van der Waals surface area contributed by atoms with Crippen LogP contribution in [0.1, 0.15) is 20.8 Å². The molecule has 1 N–H and O–H groups in total. The van der Waals surface area contributed by atoms with E-state index in [1.54, 1.807) is 0 Å². The number of rotatable bonds is 1. The molecule has 76 valence electrons. The molecule has 0 saturated carbocycles. The van der Waals surface area contributed by atoms with E-state index in [2.05, 4.69) is 20.8 Å². The van der Waals surface area contributed by atoms with Gasteiger partial charge in [-0.2, -0.15) is 0 Å². The van der Waals surface area contributed by atoms with E-state index in [0.29, 0.717) is 11.8 Å².